The van der Waals surface area contributed by atoms with Crippen molar-refractivity contribution in [2.24, 2.45) is 10.1 Å². The average molecular weight is 404 g/mol. The number of amidine groups is 1. The molecule has 0 atom stereocenters. The van der Waals surface area contributed by atoms with E-state index in [-0.39, 0.29) is 12.3 Å². The summed E-state index contributed by atoms with van der Waals surface area (Å²) in [6, 6.07) is 5.30. The van der Waals surface area contributed by atoms with E-state index in [0.717, 1.165) is 24.6 Å². The summed E-state index contributed by atoms with van der Waals surface area (Å²) in [4.78, 5) is 20.9. The van der Waals surface area contributed by atoms with Gasteiger partial charge >= 0.3 is 0 Å². The molecule has 0 radical (unpaired) electrons. The van der Waals surface area contributed by atoms with Crippen molar-refractivity contribution in [2.75, 3.05) is 32.7 Å². The molecule has 27 heavy (non-hydrogen) atoms. The Morgan fingerprint density at radius 3 is 2.56 bits per heavy atom. The maximum atomic E-state index is 12.7. The molecule has 140 valence electrons. The Hall–Kier alpha value is -2.31. The van der Waals surface area contributed by atoms with Crippen molar-refractivity contribution >= 4 is 41.3 Å². The molecule has 3 aliphatic rings. The molecule has 1 aromatic rings. The number of nitrogens with zero attached hydrogens (tertiary/aromatic N) is 5. The molecule has 0 N–H and O–H groups in total. The number of hydrazone groups is 1. The molecule has 0 unspecified atom stereocenters. The Kier molecular flexibility index (Phi) is 5.18. The highest BCUT2D eigenvalue weighted by Gasteiger charge is 2.25. The highest BCUT2D eigenvalue weighted by atomic mass is 35.5. The van der Waals surface area contributed by atoms with E-state index in [1.807, 2.05) is 23.1 Å². The fraction of sp³-hybridized carbons (Fsp3) is 0.316. The van der Waals surface area contributed by atoms with E-state index in [4.69, 9.17) is 23.2 Å². The van der Waals surface area contributed by atoms with Crippen LogP contribution in [0, 0.1) is 0 Å². The van der Waals surface area contributed by atoms with Crippen LogP contribution in [0.25, 0.3) is 0 Å². The highest BCUT2D eigenvalue weighted by molar-refractivity contribution is 6.36. The zero-order chi connectivity index (χ0) is 18.8. The van der Waals surface area contributed by atoms with E-state index in [2.05, 4.69) is 15.0 Å². The second-order valence-electron chi connectivity index (χ2n) is 6.49. The van der Waals surface area contributed by atoms with Crippen molar-refractivity contribution in [3.05, 3.63) is 57.7 Å². The van der Waals surface area contributed by atoms with E-state index < -0.39 is 0 Å². The monoisotopic (exact) mass is 403 g/mol. The van der Waals surface area contributed by atoms with Crippen LogP contribution in [0.1, 0.15) is 5.56 Å². The Labute approximate surface area is 168 Å². The SMILES string of the molecule is O=C(Cc1c(Cl)cccc1Cl)N1CCN(C2=NN3C=NCC=C3C=C2)CC1. The van der Waals surface area contributed by atoms with Crippen LogP contribution >= 0.6 is 23.2 Å². The van der Waals surface area contributed by atoms with Crippen LogP contribution < -0.4 is 0 Å². The quantitative estimate of drug-likeness (QED) is 0.762. The van der Waals surface area contributed by atoms with Gasteiger partial charge in [0.1, 0.15) is 12.2 Å². The molecule has 3 heterocycles. The van der Waals surface area contributed by atoms with E-state index >= 15 is 0 Å². The Balaban J connectivity index is 1.36. The van der Waals surface area contributed by atoms with Crippen molar-refractivity contribution in [1.29, 1.82) is 0 Å². The molecule has 0 bridgehead atoms. The molecule has 1 saturated heterocycles. The summed E-state index contributed by atoms with van der Waals surface area (Å²) in [5.41, 5.74) is 1.73. The number of rotatable bonds is 2. The van der Waals surface area contributed by atoms with E-state index in [1.54, 1.807) is 29.5 Å². The van der Waals surface area contributed by atoms with E-state index in [1.165, 1.54) is 0 Å². The van der Waals surface area contributed by atoms with Gasteiger partial charge in [-0.25, -0.2) is 5.01 Å². The maximum absolute atomic E-state index is 12.7. The van der Waals surface area contributed by atoms with Gasteiger partial charge in [0.25, 0.3) is 0 Å². The first-order valence-corrected chi connectivity index (χ1v) is 9.59. The van der Waals surface area contributed by atoms with Crippen molar-refractivity contribution in [3.8, 4) is 0 Å². The molecular weight excluding hydrogens is 385 g/mol. The van der Waals surface area contributed by atoms with Gasteiger partial charge in [0.05, 0.1) is 18.7 Å². The Bertz CT molecular complexity index is 849. The molecule has 3 aliphatic heterocycles. The molecule has 6 nitrogen and oxygen atoms in total. The summed E-state index contributed by atoms with van der Waals surface area (Å²) in [6.45, 7) is 3.44. The van der Waals surface area contributed by atoms with Gasteiger partial charge in [0, 0.05) is 36.2 Å². The van der Waals surface area contributed by atoms with Gasteiger partial charge in [0.15, 0.2) is 0 Å². The smallest absolute Gasteiger partial charge is 0.227 e. The lowest BCUT2D eigenvalue weighted by Gasteiger charge is -2.37. The second kappa shape index (κ2) is 7.74. The predicted molar refractivity (Wildman–Crippen MR) is 108 cm³/mol. The van der Waals surface area contributed by atoms with E-state index in [9.17, 15) is 4.79 Å². The van der Waals surface area contributed by atoms with Crippen LogP contribution in [0.5, 0.6) is 0 Å². The first-order chi connectivity index (χ1) is 13.1. The normalized spacial score (nSPS) is 19.0. The number of carbonyl (C=O) groups is 1. The summed E-state index contributed by atoms with van der Waals surface area (Å²) >= 11 is 12.4. The fourth-order valence-corrected chi connectivity index (χ4v) is 3.81. The van der Waals surface area contributed by atoms with Gasteiger partial charge < -0.3 is 9.80 Å². The number of carbonyl (C=O) groups excluding carboxylic acids is 1. The van der Waals surface area contributed by atoms with Crippen molar-refractivity contribution in [2.45, 2.75) is 6.42 Å². The number of benzene rings is 1. The lowest BCUT2D eigenvalue weighted by Crippen LogP contribution is -2.51. The summed E-state index contributed by atoms with van der Waals surface area (Å²) in [5.74, 6) is 0.931. The molecule has 0 saturated carbocycles. The molecule has 1 fully saturated rings. The van der Waals surface area contributed by atoms with Gasteiger partial charge in [-0.3, -0.25) is 9.79 Å². The predicted octanol–water partition coefficient (Wildman–Crippen LogP) is 2.79. The summed E-state index contributed by atoms with van der Waals surface area (Å²) in [6.07, 6.45) is 8.06. The zero-order valence-corrected chi connectivity index (χ0v) is 16.2. The van der Waals surface area contributed by atoms with Gasteiger partial charge in [-0.15, -0.1) is 5.10 Å². The highest BCUT2D eigenvalue weighted by Crippen LogP contribution is 2.25. The summed E-state index contributed by atoms with van der Waals surface area (Å²) in [7, 11) is 0. The van der Waals surface area contributed by atoms with Crippen LogP contribution in [-0.4, -0.2) is 65.6 Å². The Morgan fingerprint density at radius 1 is 1.07 bits per heavy atom. The number of allylic oxidation sites excluding steroid dienone is 1. The molecule has 0 spiro atoms. The largest absolute Gasteiger partial charge is 0.352 e. The third-order valence-electron chi connectivity index (χ3n) is 4.82. The number of halogens is 2. The number of hydrogen-bond donors (Lipinski definition) is 0. The number of amides is 1. The minimum absolute atomic E-state index is 0.0409. The molecule has 0 aromatic heterocycles. The van der Waals surface area contributed by atoms with Crippen molar-refractivity contribution < 1.29 is 4.79 Å². The third kappa shape index (κ3) is 3.87. The molecule has 4 rings (SSSR count). The number of fused-ring (bicyclic) bond motifs is 1. The maximum Gasteiger partial charge on any atom is 0.227 e. The van der Waals surface area contributed by atoms with Crippen LogP contribution in [0.2, 0.25) is 10.0 Å². The zero-order valence-electron chi connectivity index (χ0n) is 14.7. The van der Waals surface area contributed by atoms with Crippen molar-refractivity contribution in [3.63, 3.8) is 0 Å². The molecular formula is C19H19Cl2N5O. The van der Waals surface area contributed by atoms with Gasteiger partial charge in [-0.2, -0.15) is 0 Å². The van der Waals surface area contributed by atoms with Gasteiger partial charge in [-0.05, 0) is 35.9 Å². The molecule has 0 aliphatic carbocycles. The Morgan fingerprint density at radius 2 is 1.81 bits per heavy atom. The third-order valence-corrected chi connectivity index (χ3v) is 5.53. The van der Waals surface area contributed by atoms with Gasteiger partial charge in [-0.1, -0.05) is 29.3 Å². The first kappa shape index (κ1) is 18.1. The second-order valence-corrected chi connectivity index (χ2v) is 7.30. The number of hydrogen-bond acceptors (Lipinski definition) is 5. The lowest BCUT2D eigenvalue weighted by molar-refractivity contribution is -0.131. The summed E-state index contributed by atoms with van der Waals surface area (Å²) in [5, 5.41) is 7.47. The average Bonchev–Trinajstić information content (AvgIpc) is 2.70. The fourth-order valence-electron chi connectivity index (χ4n) is 3.28. The minimum Gasteiger partial charge on any atom is -0.352 e. The molecule has 1 amide bonds. The standard InChI is InChI=1S/C19H19Cl2N5O/c20-16-2-1-3-17(21)15(16)12-19(27)25-10-8-24(9-11-25)18-5-4-14-6-7-22-13-26(14)23-18/h1-6,13H,7-12H2. The number of aliphatic imine (C=N–C) groups is 1. The van der Waals surface area contributed by atoms with Crippen LogP contribution in [-0.2, 0) is 11.2 Å². The van der Waals surface area contributed by atoms with Crippen LogP contribution in [0.15, 0.2) is 52.2 Å². The topological polar surface area (TPSA) is 51.5 Å². The molecule has 1 aromatic carbocycles. The lowest BCUT2D eigenvalue weighted by atomic mass is 10.1. The minimum atomic E-state index is 0.0409. The van der Waals surface area contributed by atoms with Crippen LogP contribution in [0.4, 0.5) is 0 Å². The van der Waals surface area contributed by atoms with Gasteiger partial charge in [0.2, 0.25) is 5.91 Å². The van der Waals surface area contributed by atoms with Crippen molar-refractivity contribution in [1.82, 2.24) is 14.8 Å². The number of piperazine rings is 1. The van der Waals surface area contributed by atoms with E-state index in [0.29, 0.717) is 35.2 Å². The first-order valence-electron chi connectivity index (χ1n) is 8.83. The molecule has 8 heteroatoms. The summed E-state index contributed by atoms with van der Waals surface area (Å²) < 4.78 is 0. The van der Waals surface area contributed by atoms with Crippen LogP contribution in [0.3, 0.4) is 0 Å².